The summed E-state index contributed by atoms with van der Waals surface area (Å²) in [6.07, 6.45) is 5.84. The van der Waals surface area contributed by atoms with Crippen LogP contribution < -0.4 is 4.31 Å². The van der Waals surface area contributed by atoms with Gasteiger partial charge in [-0.25, -0.2) is 8.42 Å². The summed E-state index contributed by atoms with van der Waals surface area (Å²) in [6, 6.07) is 13.2. The van der Waals surface area contributed by atoms with E-state index in [1.54, 1.807) is 30.5 Å². The molecule has 0 bridgehead atoms. The molecular weight excluding hydrogens is 400 g/mol. The number of rotatable bonds is 5. The lowest BCUT2D eigenvalue weighted by molar-refractivity contribution is -0.127. The molecule has 0 atom stereocenters. The molecule has 30 heavy (non-hydrogen) atoms. The van der Waals surface area contributed by atoms with Crippen LogP contribution in [0.1, 0.15) is 17.7 Å². The minimum atomic E-state index is -3.17. The number of pyridine rings is 1. The van der Waals surface area contributed by atoms with E-state index < -0.39 is 10.0 Å². The molecule has 3 heterocycles. The highest BCUT2D eigenvalue weighted by Crippen LogP contribution is 2.24. The molecule has 1 aromatic heterocycles. The first-order valence-electron chi connectivity index (χ1n) is 10.2. The van der Waals surface area contributed by atoms with Crippen LogP contribution in [0, 0.1) is 0 Å². The Balaban J connectivity index is 1.29. The Hall–Kier alpha value is -2.71. The zero-order chi connectivity index (χ0) is 21.0. The molecule has 7 nitrogen and oxygen atoms in total. The number of anilines is 1. The summed E-state index contributed by atoms with van der Waals surface area (Å²) in [6.45, 7) is 4.38. The molecule has 0 radical (unpaired) electrons. The van der Waals surface area contributed by atoms with Crippen LogP contribution in [-0.4, -0.2) is 67.6 Å². The summed E-state index contributed by atoms with van der Waals surface area (Å²) < 4.78 is 25.5. The second-order valence-corrected chi connectivity index (χ2v) is 9.60. The number of amides is 1. The summed E-state index contributed by atoms with van der Waals surface area (Å²) in [5.74, 6) is 0.205. The predicted octanol–water partition coefficient (Wildman–Crippen LogP) is 1.98. The summed E-state index contributed by atoms with van der Waals surface area (Å²) in [4.78, 5) is 21.0. The van der Waals surface area contributed by atoms with Crippen molar-refractivity contribution >= 4 is 27.7 Å². The lowest BCUT2D eigenvalue weighted by Crippen LogP contribution is -2.47. The molecule has 2 fully saturated rings. The Morgan fingerprint density at radius 1 is 1.00 bits per heavy atom. The van der Waals surface area contributed by atoms with Crippen molar-refractivity contribution in [2.75, 3.05) is 42.8 Å². The average molecular weight is 427 g/mol. The first kappa shape index (κ1) is 20.6. The van der Waals surface area contributed by atoms with Gasteiger partial charge in [0.05, 0.1) is 17.1 Å². The van der Waals surface area contributed by atoms with Crippen LogP contribution in [0.15, 0.2) is 54.7 Å². The van der Waals surface area contributed by atoms with Crippen LogP contribution in [0.25, 0.3) is 6.08 Å². The minimum absolute atomic E-state index is 0.00122. The maximum absolute atomic E-state index is 12.5. The predicted molar refractivity (Wildman–Crippen MR) is 117 cm³/mol. The van der Waals surface area contributed by atoms with Gasteiger partial charge in [-0.3, -0.25) is 19.0 Å². The molecule has 2 saturated heterocycles. The minimum Gasteiger partial charge on any atom is -0.337 e. The number of benzene rings is 1. The Bertz CT molecular complexity index is 998. The number of piperazine rings is 1. The van der Waals surface area contributed by atoms with E-state index in [0.29, 0.717) is 31.7 Å². The van der Waals surface area contributed by atoms with Gasteiger partial charge in [0.15, 0.2) is 0 Å². The highest BCUT2D eigenvalue weighted by Gasteiger charge is 2.28. The molecule has 158 valence electrons. The van der Waals surface area contributed by atoms with Crippen LogP contribution in [0.4, 0.5) is 5.69 Å². The molecule has 1 aromatic carbocycles. The third kappa shape index (κ3) is 4.88. The topological polar surface area (TPSA) is 73.8 Å². The normalized spacial score (nSPS) is 19.5. The summed E-state index contributed by atoms with van der Waals surface area (Å²) in [7, 11) is -3.17. The summed E-state index contributed by atoms with van der Waals surface area (Å²) in [5, 5.41) is 0. The number of hydrogen-bond donors (Lipinski definition) is 0. The second kappa shape index (κ2) is 8.97. The lowest BCUT2D eigenvalue weighted by Gasteiger charge is -2.34. The van der Waals surface area contributed by atoms with Crippen LogP contribution in [-0.2, 0) is 21.4 Å². The van der Waals surface area contributed by atoms with E-state index in [0.717, 1.165) is 30.9 Å². The van der Waals surface area contributed by atoms with Crippen molar-refractivity contribution in [3.8, 4) is 0 Å². The smallest absolute Gasteiger partial charge is 0.246 e. The zero-order valence-electron chi connectivity index (χ0n) is 16.9. The molecule has 0 N–H and O–H groups in total. The number of carbonyl (C=O) groups is 1. The highest BCUT2D eigenvalue weighted by molar-refractivity contribution is 7.93. The molecule has 0 aliphatic carbocycles. The van der Waals surface area contributed by atoms with Gasteiger partial charge in [0.25, 0.3) is 0 Å². The van der Waals surface area contributed by atoms with E-state index in [1.165, 1.54) is 4.31 Å². The Kier molecular flexibility index (Phi) is 6.15. The third-order valence-electron chi connectivity index (χ3n) is 5.49. The number of carbonyl (C=O) groups excluding carboxylic acids is 1. The van der Waals surface area contributed by atoms with Gasteiger partial charge in [0, 0.05) is 51.5 Å². The molecule has 0 unspecified atom stereocenters. The van der Waals surface area contributed by atoms with Crippen LogP contribution >= 0.6 is 0 Å². The standard InChI is InChI=1S/C22H26N4O3S/c27-22(25-15-13-24(14-16-25)18-20-4-1-2-11-23-20)10-7-19-5-8-21(9-6-19)26-12-3-17-30(26,28)29/h1-2,4-11H,3,12-18H2/b10-7+. The number of hydrogen-bond acceptors (Lipinski definition) is 5. The van der Waals surface area contributed by atoms with Gasteiger partial charge in [0.2, 0.25) is 15.9 Å². The lowest BCUT2D eigenvalue weighted by atomic mass is 10.2. The van der Waals surface area contributed by atoms with Gasteiger partial charge in [-0.1, -0.05) is 18.2 Å². The Labute approximate surface area is 177 Å². The van der Waals surface area contributed by atoms with Gasteiger partial charge in [-0.05, 0) is 42.3 Å². The van der Waals surface area contributed by atoms with Gasteiger partial charge in [0.1, 0.15) is 0 Å². The monoisotopic (exact) mass is 426 g/mol. The summed E-state index contributed by atoms with van der Waals surface area (Å²) in [5.41, 5.74) is 2.60. The van der Waals surface area contributed by atoms with E-state index in [1.807, 2.05) is 35.2 Å². The highest BCUT2D eigenvalue weighted by atomic mass is 32.2. The molecular formula is C22H26N4O3S. The van der Waals surface area contributed by atoms with E-state index >= 15 is 0 Å². The number of nitrogens with zero attached hydrogens (tertiary/aromatic N) is 4. The molecule has 2 aliphatic heterocycles. The second-order valence-electron chi connectivity index (χ2n) is 7.59. The van der Waals surface area contributed by atoms with Crippen molar-refractivity contribution in [3.05, 3.63) is 66.0 Å². The van der Waals surface area contributed by atoms with Crippen LogP contribution in [0.5, 0.6) is 0 Å². The maximum Gasteiger partial charge on any atom is 0.246 e. The quantitative estimate of drug-likeness (QED) is 0.684. The SMILES string of the molecule is O=C(/C=C/c1ccc(N2CCCS2(=O)=O)cc1)N1CCN(Cc2ccccn2)CC1. The Morgan fingerprint density at radius 3 is 2.40 bits per heavy atom. The van der Waals surface area contributed by atoms with Gasteiger partial charge in [-0.2, -0.15) is 0 Å². The van der Waals surface area contributed by atoms with E-state index in [2.05, 4.69) is 9.88 Å². The van der Waals surface area contributed by atoms with E-state index in [-0.39, 0.29) is 11.7 Å². The van der Waals surface area contributed by atoms with Crippen LogP contribution in [0.2, 0.25) is 0 Å². The molecule has 8 heteroatoms. The van der Waals surface area contributed by atoms with Crippen molar-refractivity contribution in [1.82, 2.24) is 14.8 Å². The molecule has 0 saturated carbocycles. The number of sulfonamides is 1. The van der Waals surface area contributed by atoms with Gasteiger partial charge < -0.3 is 4.90 Å². The largest absolute Gasteiger partial charge is 0.337 e. The Morgan fingerprint density at radius 2 is 1.77 bits per heavy atom. The maximum atomic E-state index is 12.5. The van der Waals surface area contributed by atoms with Gasteiger partial charge >= 0.3 is 0 Å². The van der Waals surface area contributed by atoms with E-state index in [4.69, 9.17) is 0 Å². The van der Waals surface area contributed by atoms with Crippen molar-refractivity contribution in [3.63, 3.8) is 0 Å². The first-order chi connectivity index (χ1) is 14.5. The fourth-order valence-electron chi connectivity index (χ4n) is 3.80. The molecule has 2 aliphatic rings. The van der Waals surface area contributed by atoms with Crippen LogP contribution in [0.3, 0.4) is 0 Å². The fraction of sp³-hybridized carbons (Fsp3) is 0.364. The summed E-state index contributed by atoms with van der Waals surface area (Å²) >= 11 is 0. The van der Waals surface area contributed by atoms with Crippen molar-refractivity contribution in [2.24, 2.45) is 0 Å². The van der Waals surface area contributed by atoms with Crippen molar-refractivity contribution < 1.29 is 13.2 Å². The molecule has 2 aromatic rings. The van der Waals surface area contributed by atoms with E-state index in [9.17, 15) is 13.2 Å². The first-order valence-corrected chi connectivity index (χ1v) is 11.8. The number of aromatic nitrogens is 1. The molecule has 0 spiro atoms. The molecule has 4 rings (SSSR count). The average Bonchev–Trinajstić information content (AvgIpc) is 3.12. The third-order valence-corrected chi connectivity index (χ3v) is 7.36. The molecule has 1 amide bonds. The van der Waals surface area contributed by atoms with Gasteiger partial charge in [-0.15, -0.1) is 0 Å². The van der Waals surface area contributed by atoms with Crippen molar-refractivity contribution in [1.29, 1.82) is 0 Å². The zero-order valence-corrected chi connectivity index (χ0v) is 17.7. The van der Waals surface area contributed by atoms with Crippen molar-refractivity contribution in [2.45, 2.75) is 13.0 Å². The fourth-order valence-corrected chi connectivity index (χ4v) is 5.37.